The molecule has 0 aliphatic heterocycles. The lowest BCUT2D eigenvalue weighted by atomic mass is 9.90. The summed E-state index contributed by atoms with van der Waals surface area (Å²) in [4.78, 5) is 50.7. The Kier molecular flexibility index (Phi) is 11.1. The Labute approximate surface area is 391 Å². The van der Waals surface area contributed by atoms with Gasteiger partial charge in [-0.15, -0.1) is 22.7 Å². The summed E-state index contributed by atoms with van der Waals surface area (Å²) in [7, 11) is 0. The fraction of sp³-hybridized carbons (Fsp3) is 0.163. The van der Waals surface area contributed by atoms with Crippen molar-refractivity contribution in [2.24, 2.45) is 5.92 Å². The number of anilines is 2. The quantitative estimate of drug-likeness (QED) is 0.113. The molecule has 2 amide bonds. The Hall–Kier alpha value is -7.61. The van der Waals surface area contributed by atoms with Crippen LogP contribution in [0, 0.1) is 29.2 Å². The molecular formula is C49H35F4N9O4S2. The molecule has 2 aliphatic carbocycles. The Morgan fingerprint density at radius 1 is 0.735 bits per heavy atom. The maximum atomic E-state index is 14.6. The van der Waals surface area contributed by atoms with Gasteiger partial charge >= 0.3 is 0 Å². The number of imidazole rings is 2. The number of amides is 2. The second-order valence-corrected chi connectivity index (χ2v) is 18.5. The summed E-state index contributed by atoms with van der Waals surface area (Å²) < 4.78 is 67.0. The highest BCUT2D eigenvalue weighted by atomic mass is 32.1. The van der Waals surface area contributed by atoms with Crippen LogP contribution in [0.2, 0.25) is 0 Å². The molecule has 9 aromatic rings. The van der Waals surface area contributed by atoms with E-state index in [1.807, 2.05) is 51.7 Å². The first-order valence-electron chi connectivity index (χ1n) is 21.4. The smallest absolute Gasteiger partial charge is 0.284 e. The largest absolute Gasteiger partial charge is 0.442 e. The molecule has 0 spiro atoms. The minimum absolute atomic E-state index is 0.0211. The van der Waals surface area contributed by atoms with Crippen LogP contribution in [0.25, 0.3) is 43.7 Å². The number of aromatic nitrogens is 7. The maximum Gasteiger partial charge on any atom is 0.284 e. The van der Waals surface area contributed by atoms with Crippen molar-refractivity contribution in [3.63, 3.8) is 0 Å². The second kappa shape index (κ2) is 17.6. The lowest BCUT2D eigenvalue weighted by Gasteiger charge is -2.18. The lowest BCUT2D eigenvalue weighted by molar-refractivity contribution is 0.101. The van der Waals surface area contributed by atoms with Crippen molar-refractivity contribution in [3.8, 4) is 43.7 Å². The van der Waals surface area contributed by atoms with Crippen LogP contribution < -0.4 is 10.6 Å². The molecule has 0 radical (unpaired) electrons. The van der Waals surface area contributed by atoms with E-state index in [0.717, 1.165) is 109 Å². The van der Waals surface area contributed by atoms with Gasteiger partial charge in [0.25, 0.3) is 11.8 Å². The van der Waals surface area contributed by atoms with Crippen LogP contribution in [0.1, 0.15) is 66.8 Å². The molecule has 4 aromatic carbocycles. The highest BCUT2D eigenvalue weighted by Crippen LogP contribution is 2.43. The van der Waals surface area contributed by atoms with Crippen LogP contribution in [0.4, 0.5) is 28.9 Å². The zero-order chi connectivity index (χ0) is 46.6. The molecule has 68 heavy (non-hydrogen) atoms. The molecule has 0 bridgehead atoms. The van der Waals surface area contributed by atoms with Crippen molar-refractivity contribution in [2.75, 3.05) is 10.6 Å². The average Bonchev–Trinajstić information content (AvgIpc) is 4.19. The highest BCUT2D eigenvalue weighted by Gasteiger charge is 2.30. The van der Waals surface area contributed by atoms with Gasteiger partial charge in [0.05, 0.1) is 45.5 Å². The van der Waals surface area contributed by atoms with E-state index < -0.39 is 52.6 Å². The van der Waals surface area contributed by atoms with Crippen LogP contribution in [0.3, 0.4) is 0 Å². The predicted octanol–water partition coefficient (Wildman–Crippen LogP) is 10.3. The van der Waals surface area contributed by atoms with Gasteiger partial charge in [-0.2, -0.15) is 0 Å². The molecule has 2 unspecified atom stereocenters. The van der Waals surface area contributed by atoms with Gasteiger partial charge in [-0.05, 0) is 115 Å². The summed E-state index contributed by atoms with van der Waals surface area (Å²) >= 11 is 2.28. The number of hydrogen-bond donors (Lipinski definition) is 3. The molecule has 2 aliphatic rings. The summed E-state index contributed by atoms with van der Waals surface area (Å²) in [6, 6.07) is 18.6. The van der Waals surface area contributed by atoms with Crippen LogP contribution >= 0.6 is 22.7 Å². The molecule has 0 saturated heterocycles. The molecule has 5 aromatic heterocycles. The molecule has 13 nitrogen and oxygen atoms in total. The van der Waals surface area contributed by atoms with Crippen molar-refractivity contribution in [1.29, 1.82) is 0 Å². The van der Waals surface area contributed by atoms with Crippen LogP contribution in [0.15, 0.2) is 115 Å². The number of fused-ring (bicyclic) bond motifs is 6. The number of halogens is 4. The molecule has 19 heteroatoms. The standard InChI is InChI=1S/C49H35F4N9O4S2/c50-32-5-2-6-33(51)42(32)59-46(64)48-57-36-9-1-4-26-10-12-28(17-30(26)44(36)67-48)61-20-38(55-22-61)40(63)16-25-14-27-11-13-29(62-21-39(56-23-62)41-19-54-24-66-41)18-31(27)45-37(15-25)58-49(68-45)47(65)60-43-34(52)7-3-8-35(43)53/h2-3,5-8,10-13,17-25,40,63H,1,4,9,14-16H2,(H,59,64)(H,60,65). The van der Waals surface area contributed by atoms with E-state index in [4.69, 9.17) is 9.40 Å². The molecular weight excluding hydrogens is 919 g/mol. The van der Waals surface area contributed by atoms with Crippen molar-refractivity contribution < 1.29 is 36.7 Å². The zero-order valence-electron chi connectivity index (χ0n) is 35.4. The first-order valence-corrected chi connectivity index (χ1v) is 23.1. The number of aliphatic hydroxyl groups excluding tert-OH is 1. The number of nitrogens with one attached hydrogen (secondary N) is 2. The van der Waals surface area contributed by atoms with Gasteiger partial charge in [-0.1, -0.05) is 24.3 Å². The highest BCUT2D eigenvalue weighted by molar-refractivity contribution is 7.17. The van der Waals surface area contributed by atoms with E-state index in [1.165, 1.54) is 18.5 Å². The summed E-state index contributed by atoms with van der Waals surface area (Å²) in [5, 5.41) is 16.6. The summed E-state index contributed by atoms with van der Waals surface area (Å²) in [5.41, 5.74) is 6.50. The number of aryl methyl sites for hydroxylation is 2. The lowest BCUT2D eigenvalue weighted by Crippen LogP contribution is -2.15. The normalized spacial score (nSPS) is 14.5. The van der Waals surface area contributed by atoms with Crippen molar-refractivity contribution in [1.82, 2.24) is 34.1 Å². The zero-order valence-corrected chi connectivity index (χ0v) is 37.1. The predicted molar refractivity (Wildman–Crippen MR) is 246 cm³/mol. The fourth-order valence-corrected chi connectivity index (χ4v) is 10.9. The van der Waals surface area contributed by atoms with E-state index in [9.17, 15) is 32.3 Å². The second-order valence-electron chi connectivity index (χ2n) is 16.5. The Morgan fingerprint density at radius 3 is 1.97 bits per heavy atom. The number of oxazole rings is 1. The van der Waals surface area contributed by atoms with Crippen molar-refractivity contribution in [2.45, 2.75) is 44.6 Å². The Balaban J connectivity index is 0.862. The molecule has 2 atom stereocenters. The summed E-state index contributed by atoms with van der Waals surface area (Å²) in [5.74, 6) is -4.74. The molecule has 11 rings (SSSR count). The first-order chi connectivity index (χ1) is 33.0. The number of benzene rings is 4. The summed E-state index contributed by atoms with van der Waals surface area (Å²) in [6.45, 7) is 0. The topological polar surface area (TPSA) is 166 Å². The first kappa shape index (κ1) is 43.0. The number of carbonyl (C=O) groups is 2. The molecule has 5 heterocycles. The SMILES string of the molecule is O=C(Nc1c(F)cccc1F)c1nc2c(s1)-c1cc(-n3cnc(C(O)CC4Cc5ccc(-n6cnc(-c7cnco7)c6)cc5-c5sc(C(=O)Nc6c(F)cccc6F)nc5C4)c3)ccc1CCC2. The van der Waals surface area contributed by atoms with Gasteiger partial charge in [0.1, 0.15) is 46.7 Å². The fourth-order valence-electron chi connectivity index (χ4n) is 8.75. The van der Waals surface area contributed by atoms with E-state index in [1.54, 1.807) is 25.0 Å². The minimum Gasteiger partial charge on any atom is -0.442 e. The number of aliphatic hydroxyl groups is 1. The Morgan fingerprint density at radius 2 is 1.32 bits per heavy atom. The third-order valence-electron chi connectivity index (χ3n) is 12.1. The van der Waals surface area contributed by atoms with Crippen LogP contribution in [-0.2, 0) is 25.7 Å². The molecule has 0 saturated carbocycles. The van der Waals surface area contributed by atoms with Gasteiger partial charge in [0.2, 0.25) is 0 Å². The van der Waals surface area contributed by atoms with Gasteiger partial charge in [0.15, 0.2) is 22.2 Å². The molecule has 3 N–H and O–H groups in total. The third-order valence-corrected chi connectivity index (χ3v) is 14.3. The van der Waals surface area contributed by atoms with Gasteiger partial charge in [-0.25, -0.2) is 42.5 Å². The number of para-hydroxylation sites is 2. The van der Waals surface area contributed by atoms with E-state index in [-0.39, 0.29) is 22.4 Å². The number of rotatable bonds is 10. The number of hydrogen-bond acceptors (Lipinski definition) is 11. The number of thiazole rings is 2. The van der Waals surface area contributed by atoms with Gasteiger partial charge < -0.3 is 29.3 Å². The summed E-state index contributed by atoms with van der Waals surface area (Å²) in [6.07, 6.45) is 12.2. The van der Waals surface area contributed by atoms with E-state index >= 15 is 0 Å². The van der Waals surface area contributed by atoms with E-state index in [0.29, 0.717) is 42.1 Å². The number of carbonyl (C=O) groups excluding carboxylic acids is 2. The molecule has 340 valence electrons. The van der Waals surface area contributed by atoms with Crippen LogP contribution in [0.5, 0.6) is 0 Å². The maximum absolute atomic E-state index is 14.6. The van der Waals surface area contributed by atoms with Gasteiger partial charge in [0, 0.05) is 23.8 Å². The third kappa shape index (κ3) is 8.17. The Bertz CT molecular complexity index is 3380. The van der Waals surface area contributed by atoms with Gasteiger partial charge in [-0.3, -0.25) is 9.59 Å². The monoisotopic (exact) mass is 953 g/mol. The molecule has 0 fully saturated rings. The van der Waals surface area contributed by atoms with Crippen molar-refractivity contribution in [3.05, 3.63) is 172 Å². The van der Waals surface area contributed by atoms with Crippen LogP contribution in [-0.4, -0.2) is 51.0 Å². The van der Waals surface area contributed by atoms with E-state index in [2.05, 4.69) is 30.6 Å². The number of nitrogens with zero attached hydrogens (tertiary/aromatic N) is 7. The van der Waals surface area contributed by atoms with Crippen molar-refractivity contribution >= 4 is 45.9 Å². The minimum atomic E-state index is -0.995. The average molecular weight is 954 g/mol.